The molecule has 3 rings (SSSR count). The van der Waals surface area contributed by atoms with Crippen LogP contribution in [0.3, 0.4) is 0 Å². The summed E-state index contributed by atoms with van der Waals surface area (Å²) in [6.45, 7) is 1.65. The highest BCUT2D eigenvalue weighted by molar-refractivity contribution is 8.26. The van der Waals surface area contributed by atoms with Gasteiger partial charge in [-0.3, -0.25) is 19.8 Å². The number of rotatable bonds is 7. The fourth-order valence-electron chi connectivity index (χ4n) is 2.92. The summed E-state index contributed by atoms with van der Waals surface area (Å²) in [6, 6.07) is 6.44. The van der Waals surface area contributed by atoms with Gasteiger partial charge < -0.3 is 14.3 Å². The molecule has 0 bridgehead atoms. The van der Waals surface area contributed by atoms with Crippen LogP contribution in [0.2, 0.25) is 0 Å². The topological polar surface area (TPSA) is 123 Å². The van der Waals surface area contributed by atoms with Gasteiger partial charge in [0, 0.05) is 6.08 Å². The minimum absolute atomic E-state index is 0.151. The number of carbonyl (C=O) groups is 2. The van der Waals surface area contributed by atoms with E-state index in [4.69, 9.17) is 21.4 Å². The maximum absolute atomic E-state index is 12.7. The molecule has 9 nitrogen and oxygen atoms in total. The molecule has 1 unspecified atom stereocenters. The van der Waals surface area contributed by atoms with Crippen LogP contribution in [0.25, 0.3) is 17.4 Å². The SMILES string of the molecule is CCC(C(=O)O)N1C(=O)/C(=C/c2ccc(-c3ccc(OC)cc3[N+](=O)[O-])o2)SC1=S. The zero-order valence-corrected chi connectivity index (χ0v) is 17.5. The highest BCUT2D eigenvalue weighted by Crippen LogP contribution is 2.37. The van der Waals surface area contributed by atoms with Gasteiger partial charge in [0.15, 0.2) is 0 Å². The van der Waals surface area contributed by atoms with Crippen molar-refractivity contribution >= 4 is 51.9 Å². The number of hydrogen-bond acceptors (Lipinski definition) is 8. The highest BCUT2D eigenvalue weighted by Gasteiger charge is 2.39. The van der Waals surface area contributed by atoms with Gasteiger partial charge in [-0.1, -0.05) is 30.9 Å². The van der Waals surface area contributed by atoms with Crippen molar-refractivity contribution in [2.75, 3.05) is 7.11 Å². The molecule has 1 aliphatic rings. The molecule has 0 spiro atoms. The first kappa shape index (κ1) is 21.5. The van der Waals surface area contributed by atoms with Crippen molar-refractivity contribution in [1.82, 2.24) is 4.90 Å². The first-order valence-electron chi connectivity index (χ1n) is 8.69. The van der Waals surface area contributed by atoms with Crippen LogP contribution >= 0.6 is 24.0 Å². The van der Waals surface area contributed by atoms with Gasteiger partial charge in [0.25, 0.3) is 11.6 Å². The Balaban J connectivity index is 1.92. The minimum Gasteiger partial charge on any atom is -0.497 e. The van der Waals surface area contributed by atoms with Gasteiger partial charge in [-0.2, -0.15) is 0 Å². The normalized spacial score (nSPS) is 16.2. The van der Waals surface area contributed by atoms with E-state index < -0.39 is 22.8 Å². The van der Waals surface area contributed by atoms with Gasteiger partial charge in [0.2, 0.25) is 0 Å². The average Bonchev–Trinajstić information content (AvgIpc) is 3.28. The van der Waals surface area contributed by atoms with Crippen molar-refractivity contribution in [3.8, 4) is 17.1 Å². The maximum Gasteiger partial charge on any atom is 0.326 e. The number of ether oxygens (including phenoxy) is 1. The number of aliphatic carboxylic acids is 1. The van der Waals surface area contributed by atoms with E-state index in [0.717, 1.165) is 16.7 Å². The molecular formula is C19H16N2O7S2. The van der Waals surface area contributed by atoms with E-state index in [1.807, 2.05) is 0 Å². The summed E-state index contributed by atoms with van der Waals surface area (Å²) < 4.78 is 10.9. The molecular weight excluding hydrogens is 432 g/mol. The Labute approximate surface area is 180 Å². The quantitative estimate of drug-likeness (QED) is 0.290. The van der Waals surface area contributed by atoms with Crippen LogP contribution in [-0.2, 0) is 9.59 Å². The van der Waals surface area contributed by atoms with Gasteiger partial charge in [0.05, 0.1) is 28.6 Å². The molecule has 11 heteroatoms. The van der Waals surface area contributed by atoms with Crippen molar-refractivity contribution < 1.29 is 28.8 Å². The lowest BCUT2D eigenvalue weighted by Crippen LogP contribution is -2.43. The molecule has 1 aromatic carbocycles. The number of methoxy groups -OCH3 is 1. The Morgan fingerprint density at radius 1 is 1.43 bits per heavy atom. The van der Waals surface area contributed by atoms with Gasteiger partial charge >= 0.3 is 5.97 Å². The first-order chi connectivity index (χ1) is 14.3. The van der Waals surface area contributed by atoms with Crippen LogP contribution in [-0.4, -0.2) is 44.3 Å². The fourth-order valence-corrected chi connectivity index (χ4v) is 4.26. The number of amides is 1. The number of nitro benzene ring substituents is 1. The lowest BCUT2D eigenvalue weighted by atomic mass is 10.1. The van der Waals surface area contributed by atoms with Crippen molar-refractivity contribution in [3.63, 3.8) is 0 Å². The summed E-state index contributed by atoms with van der Waals surface area (Å²) in [5.74, 6) is -0.804. The van der Waals surface area contributed by atoms with Crippen LogP contribution in [0.1, 0.15) is 19.1 Å². The van der Waals surface area contributed by atoms with E-state index in [1.165, 1.54) is 25.3 Å². The molecule has 1 amide bonds. The second kappa shape index (κ2) is 8.67. The Morgan fingerprint density at radius 3 is 2.77 bits per heavy atom. The largest absolute Gasteiger partial charge is 0.497 e. The van der Waals surface area contributed by atoms with Crippen LogP contribution in [0.4, 0.5) is 5.69 Å². The molecule has 2 heterocycles. The predicted molar refractivity (Wildman–Crippen MR) is 114 cm³/mol. The molecule has 0 aliphatic carbocycles. The van der Waals surface area contributed by atoms with E-state index in [9.17, 15) is 24.8 Å². The third kappa shape index (κ3) is 4.07. The van der Waals surface area contributed by atoms with Crippen LogP contribution in [0.15, 0.2) is 39.7 Å². The number of hydrogen-bond donors (Lipinski definition) is 1. The summed E-state index contributed by atoms with van der Waals surface area (Å²) >= 11 is 6.15. The number of carboxylic acids is 1. The summed E-state index contributed by atoms with van der Waals surface area (Å²) in [7, 11) is 1.41. The Hall–Kier alpha value is -3.18. The van der Waals surface area contributed by atoms with Crippen molar-refractivity contribution in [2.45, 2.75) is 19.4 Å². The van der Waals surface area contributed by atoms with Crippen LogP contribution in [0.5, 0.6) is 5.75 Å². The Bertz CT molecular complexity index is 1080. The molecule has 2 aromatic rings. The third-order valence-corrected chi connectivity index (χ3v) is 5.70. The first-order valence-corrected chi connectivity index (χ1v) is 9.91. The highest BCUT2D eigenvalue weighted by atomic mass is 32.2. The third-order valence-electron chi connectivity index (χ3n) is 4.37. The van der Waals surface area contributed by atoms with Crippen molar-refractivity contribution in [3.05, 3.63) is 51.1 Å². The fraction of sp³-hybridized carbons (Fsp3) is 0.211. The summed E-state index contributed by atoms with van der Waals surface area (Å²) in [5.41, 5.74) is 0.0683. The molecule has 1 aromatic heterocycles. The molecule has 30 heavy (non-hydrogen) atoms. The van der Waals surface area contributed by atoms with Crippen molar-refractivity contribution in [1.29, 1.82) is 0 Å². The molecule has 0 saturated carbocycles. The number of carboxylic acid groups (broad SMARTS) is 1. The number of carbonyl (C=O) groups excluding carboxylic acids is 1. The second-order valence-corrected chi connectivity index (χ2v) is 7.83. The number of thioether (sulfide) groups is 1. The molecule has 0 radical (unpaired) electrons. The zero-order chi connectivity index (χ0) is 22.0. The average molecular weight is 448 g/mol. The monoisotopic (exact) mass is 448 g/mol. The van der Waals surface area contributed by atoms with Gasteiger partial charge in [-0.25, -0.2) is 4.79 Å². The van der Waals surface area contributed by atoms with E-state index in [2.05, 4.69) is 0 Å². The van der Waals surface area contributed by atoms with E-state index in [0.29, 0.717) is 5.75 Å². The number of furan rings is 1. The lowest BCUT2D eigenvalue weighted by molar-refractivity contribution is -0.384. The zero-order valence-electron chi connectivity index (χ0n) is 15.9. The lowest BCUT2D eigenvalue weighted by Gasteiger charge is -2.21. The smallest absolute Gasteiger partial charge is 0.326 e. The maximum atomic E-state index is 12.7. The predicted octanol–water partition coefficient (Wildman–Crippen LogP) is 3.93. The summed E-state index contributed by atoms with van der Waals surface area (Å²) in [4.78, 5) is 36.2. The minimum atomic E-state index is -1.14. The number of nitro groups is 1. The number of nitrogens with zero attached hydrogens (tertiary/aromatic N) is 2. The number of benzene rings is 1. The van der Waals surface area contributed by atoms with E-state index in [1.54, 1.807) is 25.1 Å². The molecule has 156 valence electrons. The van der Waals surface area contributed by atoms with Crippen LogP contribution in [0, 0.1) is 10.1 Å². The Kier molecular flexibility index (Phi) is 6.22. The molecule has 1 atom stereocenters. The summed E-state index contributed by atoms with van der Waals surface area (Å²) in [5, 5.41) is 20.7. The van der Waals surface area contributed by atoms with Crippen molar-refractivity contribution in [2.24, 2.45) is 0 Å². The number of thiocarbonyl (C=S) groups is 1. The molecule has 1 N–H and O–H groups in total. The van der Waals surface area contributed by atoms with Gasteiger partial charge in [-0.05, 0) is 30.7 Å². The summed E-state index contributed by atoms with van der Waals surface area (Å²) in [6.07, 6.45) is 1.65. The van der Waals surface area contributed by atoms with Gasteiger partial charge in [0.1, 0.15) is 27.6 Å². The van der Waals surface area contributed by atoms with E-state index >= 15 is 0 Å². The molecule has 1 fully saturated rings. The van der Waals surface area contributed by atoms with E-state index in [-0.39, 0.29) is 38.4 Å². The standard InChI is InChI=1S/C19H16N2O7S2/c1-3-13(18(23)24)20-17(22)16(30-19(20)29)9-11-5-7-15(28-11)12-6-4-10(27-2)8-14(12)21(25)26/h4-9,13H,3H2,1-2H3,(H,23,24)/b16-9-. The van der Waals surface area contributed by atoms with Crippen LogP contribution < -0.4 is 4.74 Å². The molecule has 1 aliphatic heterocycles. The molecule has 1 saturated heterocycles. The second-order valence-electron chi connectivity index (χ2n) is 6.16. The van der Waals surface area contributed by atoms with Gasteiger partial charge in [-0.15, -0.1) is 0 Å². The Morgan fingerprint density at radius 2 is 2.17 bits per heavy atom.